The van der Waals surface area contributed by atoms with Gasteiger partial charge < -0.3 is 14.1 Å². The number of hydrogen-bond donors (Lipinski definition) is 0. The van der Waals surface area contributed by atoms with Crippen LogP contribution in [-0.2, 0) is 20.8 Å². The lowest BCUT2D eigenvalue weighted by Crippen LogP contribution is -2.48. The van der Waals surface area contributed by atoms with Crippen molar-refractivity contribution < 1.29 is 14.1 Å². The number of benzene rings is 2. The first-order chi connectivity index (χ1) is 11.0. The van der Waals surface area contributed by atoms with Crippen LogP contribution in [0.15, 0.2) is 64.6 Å². The van der Waals surface area contributed by atoms with Crippen molar-refractivity contribution in [1.82, 2.24) is 0 Å². The molecule has 0 amide bonds. The van der Waals surface area contributed by atoms with Gasteiger partial charge in [0.1, 0.15) is 5.71 Å². The molecule has 3 atom stereocenters. The molecule has 0 saturated heterocycles. The maximum Gasteiger partial charge on any atom is 0.288 e. The number of nitrogens with zero attached hydrogens (tertiary/aromatic N) is 1. The third-order valence-electron chi connectivity index (χ3n) is 3.99. The Morgan fingerprint density at radius 2 is 1.78 bits per heavy atom. The van der Waals surface area contributed by atoms with Gasteiger partial charge in [0.2, 0.25) is 5.25 Å². The largest absolute Gasteiger partial charge is 0.611 e. The quantitative estimate of drug-likeness (QED) is 0.809. The molecule has 1 aliphatic heterocycles. The van der Waals surface area contributed by atoms with Crippen molar-refractivity contribution in [2.75, 3.05) is 7.11 Å². The third-order valence-corrected chi connectivity index (χ3v) is 5.81. The summed E-state index contributed by atoms with van der Waals surface area (Å²) in [7, 11) is 1.54. The van der Waals surface area contributed by atoms with E-state index in [-0.39, 0.29) is 0 Å². The molecular formula is C18H19NO3S. The molecule has 5 heteroatoms. The summed E-state index contributed by atoms with van der Waals surface area (Å²) in [6.07, 6.45) is 0. The van der Waals surface area contributed by atoms with Gasteiger partial charge in [-0.05, 0) is 19.1 Å². The van der Waals surface area contributed by atoms with Gasteiger partial charge in [0, 0.05) is 30.8 Å². The van der Waals surface area contributed by atoms with E-state index < -0.39 is 22.2 Å². The number of oxime groups is 1. The van der Waals surface area contributed by atoms with E-state index in [0.29, 0.717) is 5.71 Å². The zero-order valence-electron chi connectivity index (χ0n) is 13.4. The average molecular weight is 329 g/mol. The average Bonchev–Trinajstić information content (AvgIpc) is 2.94. The molecule has 0 fully saturated rings. The Bertz CT molecular complexity index is 702. The minimum atomic E-state index is -1.35. The van der Waals surface area contributed by atoms with E-state index >= 15 is 0 Å². The topological polar surface area (TPSA) is 53.9 Å². The highest BCUT2D eigenvalue weighted by molar-refractivity contribution is 7.93. The van der Waals surface area contributed by atoms with Crippen LogP contribution in [0.4, 0.5) is 0 Å². The molecule has 23 heavy (non-hydrogen) atoms. The van der Waals surface area contributed by atoms with Crippen LogP contribution in [0.3, 0.4) is 0 Å². The Morgan fingerprint density at radius 1 is 1.13 bits per heavy atom. The van der Waals surface area contributed by atoms with E-state index in [2.05, 4.69) is 5.16 Å². The van der Waals surface area contributed by atoms with E-state index in [1.807, 2.05) is 61.5 Å². The molecule has 0 N–H and O–H groups in total. The number of methoxy groups -OCH3 is 1. The van der Waals surface area contributed by atoms with Gasteiger partial charge in [0.05, 0.1) is 0 Å². The lowest BCUT2D eigenvalue weighted by Gasteiger charge is -2.28. The monoisotopic (exact) mass is 329 g/mol. The molecule has 120 valence electrons. The zero-order chi connectivity index (χ0) is 16.4. The van der Waals surface area contributed by atoms with Crippen molar-refractivity contribution in [3.8, 4) is 0 Å². The number of ether oxygens (including phenoxy) is 1. The van der Waals surface area contributed by atoms with Crippen LogP contribution in [0.25, 0.3) is 0 Å². The Morgan fingerprint density at radius 3 is 2.39 bits per heavy atom. The molecule has 0 spiro atoms. The third kappa shape index (κ3) is 3.00. The summed E-state index contributed by atoms with van der Waals surface area (Å²) in [4.78, 5) is 6.24. The Balaban J connectivity index is 2.00. The fourth-order valence-corrected chi connectivity index (χ4v) is 4.13. The van der Waals surface area contributed by atoms with Crippen LogP contribution >= 0.6 is 0 Å². The minimum absolute atomic E-state index is 0.502. The van der Waals surface area contributed by atoms with Crippen LogP contribution in [0.1, 0.15) is 18.1 Å². The highest BCUT2D eigenvalue weighted by Crippen LogP contribution is 2.35. The van der Waals surface area contributed by atoms with Gasteiger partial charge in [0.15, 0.2) is 4.90 Å². The molecule has 1 heterocycles. The zero-order valence-corrected chi connectivity index (χ0v) is 14.2. The first-order valence-electron chi connectivity index (χ1n) is 7.39. The number of aryl methyl sites for hydroxylation is 1. The lowest BCUT2D eigenvalue weighted by molar-refractivity contribution is -0.189. The fraction of sp³-hybridized carbons (Fsp3) is 0.278. The van der Waals surface area contributed by atoms with Crippen molar-refractivity contribution in [3.63, 3.8) is 0 Å². The maximum absolute atomic E-state index is 13.2. The Hall–Kier alpha value is -1.82. The predicted molar refractivity (Wildman–Crippen MR) is 90.9 cm³/mol. The van der Waals surface area contributed by atoms with E-state index in [0.717, 1.165) is 16.0 Å². The second kappa shape index (κ2) is 6.35. The van der Waals surface area contributed by atoms with Crippen LogP contribution in [0, 0.1) is 6.92 Å². The summed E-state index contributed by atoms with van der Waals surface area (Å²) in [5.41, 5.74) is 2.66. The molecule has 0 bridgehead atoms. The molecule has 0 aliphatic carbocycles. The highest BCUT2D eigenvalue weighted by Gasteiger charge is 2.54. The first-order valence-corrected chi connectivity index (χ1v) is 8.60. The molecule has 0 radical (unpaired) electrons. The molecule has 0 saturated carbocycles. The summed E-state index contributed by atoms with van der Waals surface area (Å²) in [5, 5.41) is 3.67. The maximum atomic E-state index is 13.2. The fourth-order valence-electron chi connectivity index (χ4n) is 2.55. The van der Waals surface area contributed by atoms with E-state index in [4.69, 9.17) is 9.57 Å². The van der Waals surface area contributed by atoms with Gasteiger partial charge in [-0.2, -0.15) is 0 Å². The van der Waals surface area contributed by atoms with Crippen molar-refractivity contribution in [2.45, 2.75) is 29.8 Å². The SMILES string of the molecule is CO[C@]1(C)ON=C(c2ccccc2)[C@@H]1[S@@+]([O-])c1ccc(C)cc1. The molecule has 4 nitrogen and oxygen atoms in total. The smallest absolute Gasteiger partial charge is 0.288 e. The van der Waals surface area contributed by atoms with Gasteiger partial charge in [0.25, 0.3) is 5.79 Å². The van der Waals surface area contributed by atoms with Crippen LogP contribution < -0.4 is 0 Å². The predicted octanol–water partition coefficient (Wildman–Crippen LogP) is 3.27. The molecule has 3 rings (SSSR count). The van der Waals surface area contributed by atoms with E-state index in [9.17, 15) is 4.55 Å². The molecule has 2 aromatic rings. The summed E-state index contributed by atoms with van der Waals surface area (Å²) in [6, 6.07) is 17.3. The van der Waals surface area contributed by atoms with Gasteiger partial charge in [-0.15, -0.1) is 0 Å². The second-order valence-electron chi connectivity index (χ2n) is 5.64. The summed E-state index contributed by atoms with van der Waals surface area (Å²) < 4.78 is 18.7. The molecule has 0 aromatic heterocycles. The van der Waals surface area contributed by atoms with Crippen LogP contribution in [-0.4, -0.2) is 28.4 Å². The van der Waals surface area contributed by atoms with E-state index in [1.165, 1.54) is 0 Å². The van der Waals surface area contributed by atoms with Crippen molar-refractivity contribution in [1.29, 1.82) is 0 Å². The summed E-state index contributed by atoms with van der Waals surface area (Å²) >= 11 is -1.35. The number of rotatable bonds is 4. The second-order valence-corrected chi connectivity index (χ2v) is 7.18. The van der Waals surface area contributed by atoms with Crippen LogP contribution in [0.2, 0.25) is 0 Å². The van der Waals surface area contributed by atoms with Gasteiger partial charge in [-0.3, -0.25) is 0 Å². The molecule has 2 aromatic carbocycles. The Labute approximate surface area is 139 Å². The van der Waals surface area contributed by atoms with Crippen molar-refractivity contribution >= 4 is 16.9 Å². The molecule has 0 unspecified atom stereocenters. The van der Waals surface area contributed by atoms with Gasteiger partial charge in [-0.1, -0.05) is 53.2 Å². The summed E-state index contributed by atoms with van der Waals surface area (Å²) in [6.45, 7) is 3.77. The lowest BCUT2D eigenvalue weighted by atomic mass is 10.0. The molecule has 1 aliphatic rings. The van der Waals surface area contributed by atoms with Crippen LogP contribution in [0.5, 0.6) is 0 Å². The number of hydrogen-bond acceptors (Lipinski definition) is 4. The Kier molecular flexibility index (Phi) is 4.43. The highest BCUT2D eigenvalue weighted by atomic mass is 32.2. The van der Waals surface area contributed by atoms with Gasteiger partial charge >= 0.3 is 0 Å². The normalized spacial score (nSPS) is 24.9. The molecular weight excluding hydrogens is 310 g/mol. The minimum Gasteiger partial charge on any atom is -0.611 e. The van der Waals surface area contributed by atoms with Gasteiger partial charge in [-0.25, -0.2) is 0 Å². The standard InChI is InChI=1S/C18H19NO3S/c1-13-9-11-15(12-10-13)23(20)17-16(14-7-5-4-6-8-14)19-22-18(17,2)21-3/h4-12,17H,1-3H3/t17-,18+,23-/m0/s1. The summed E-state index contributed by atoms with van der Waals surface area (Å²) in [5.74, 6) is -1.05. The van der Waals surface area contributed by atoms with Crippen molar-refractivity contribution in [2.24, 2.45) is 5.16 Å². The van der Waals surface area contributed by atoms with E-state index in [1.54, 1.807) is 14.0 Å². The van der Waals surface area contributed by atoms with Crippen molar-refractivity contribution in [3.05, 3.63) is 65.7 Å². The first kappa shape index (κ1) is 16.1.